The van der Waals surface area contributed by atoms with Crippen LogP contribution < -0.4 is 20.3 Å². The molecule has 0 saturated carbocycles. The lowest BCUT2D eigenvalue weighted by Crippen LogP contribution is -2.44. The number of anilines is 1. The van der Waals surface area contributed by atoms with E-state index in [1.807, 2.05) is 30.3 Å². The molecule has 1 unspecified atom stereocenters. The third-order valence-electron chi connectivity index (χ3n) is 5.34. The fourth-order valence-corrected chi connectivity index (χ4v) is 4.45. The van der Waals surface area contributed by atoms with Crippen molar-refractivity contribution in [1.29, 1.82) is 0 Å². The molecule has 0 bridgehead atoms. The van der Waals surface area contributed by atoms with Crippen molar-refractivity contribution in [3.8, 4) is 5.75 Å². The van der Waals surface area contributed by atoms with Crippen molar-refractivity contribution in [2.45, 2.75) is 23.9 Å². The Morgan fingerprint density at radius 1 is 1.19 bits per heavy atom. The van der Waals surface area contributed by atoms with Crippen LogP contribution in [0.15, 0.2) is 58.4 Å². The second kappa shape index (κ2) is 11.7. The summed E-state index contributed by atoms with van der Waals surface area (Å²) in [4.78, 5) is 6.92. The molecule has 1 heterocycles. The minimum absolute atomic E-state index is 0. The van der Waals surface area contributed by atoms with Gasteiger partial charge in [-0.05, 0) is 36.2 Å². The highest BCUT2D eigenvalue weighted by molar-refractivity contribution is 14.0. The average Bonchev–Trinajstić information content (AvgIpc) is 3.25. The minimum Gasteiger partial charge on any atom is -0.495 e. The number of benzene rings is 2. The summed E-state index contributed by atoms with van der Waals surface area (Å²) >= 11 is 0. The van der Waals surface area contributed by atoms with Crippen LogP contribution in [0.5, 0.6) is 5.75 Å². The monoisotopic (exact) mass is 573 g/mol. The van der Waals surface area contributed by atoms with Crippen molar-refractivity contribution in [2.75, 3.05) is 46.2 Å². The molecule has 0 radical (unpaired) electrons. The SMILES string of the molecule is CN=C(NCc1ccc(S(=O)(=O)N(C)C)cc1)NC1CCN(c2ccccc2OC)C1.I. The molecule has 2 aromatic carbocycles. The number of guanidine groups is 1. The van der Waals surface area contributed by atoms with Crippen molar-refractivity contribution in [1.82, 2.24) is 14.9 Å². The van der Waals surface area contributed by atoms with Crippen LogP contribution in [0, 0.1) is 0 Å². The Kier molecular flexibility index (Phi) is 9.59. The Balaban J connectivity index is 0.00000363. The first kappa shape index (κ1) is 26.2. The zero-order valence-corrected chi connectivity index (χ0v) is 22.1. The van der Waals surface area contributed by atoms with Crippen molar-refractivity contribution >= 4 is 45.6 Å². The fraction of sp³-hybridized carbons (Fsp3) is 0.409. The number of nitrogens with zero attached hydrogens (tertiary/aromatic N) is 3. The molecular formula is C22H32IN5O3S. The van der Waals surface area contributed by atoms with Gasteiger partial charge in [0.05, 0.1) is 17.7 Å². The van der Waals surface area contributed by atoms with Gasteiger partial charge in [-0.1, -0.05) is 24.3 Å². The summed E-state index contributed by atoms with van der Waals surface area (Å²) in [6.45, 7) is 2.35. The Labute approximate surface area is 208 Å². The standard InChI is InChI=1S/C22H31N5O3S.HI/c1-23-22(24-15-17-9-11-19(12-10-17)31(28,29)26(2)3)25-18-13-14-27(16-18)20-7-5-6-8-21(20)30-4;/h5-12,18H,13-16H2,1-4H3,(H2,23,24,25);1H. The van der Waals surface area contributed by atoms with E-state index in [-0.39, 0.29) is 34.9 Å². The van der Waals surface area contributed by atoms with Crippen molar-refractivity contribution in [2.24, 2.45) is 4.99 Å². The zero-order chi connectivity index (χ0) is 22.4. The van der Waals surface area contributed by atoms with E-state index in [4.69, 9.17) is 4.74 Å². The second-order valence-corrected chi connectivity index (χ2v) is 9.76. The maximum Gasteiger partial charge on any atom is 0.242 e. The third-order valence-corrected chi connectivity index (χ3v) is 7.17. The molecule has 1 aliphatic rings. The number of sulfonamides is 1. The fourth-order valence-electron chi connectivity index (χ4n) is 3.55. The van der Waals surface area contributed by atoms with E-state index in [0.717, 1.165) is 42.5 Å². The van der Waals surface area contributed by atoms with Crippen LogP contribution in [-0.2, 0) is 16.6 Å². The highest BCUT2D eigenvalue weighted by Crippen LogP contribution is 2.30. The van der Waals surface area contributed by atoms with Gasteiger partial charge in [0.1, 0.15) is 5.75 Å². The Morgan fingerprint density at radius 3 is 2.50 bits per heavy atom. The van der Waals surface area contributed by atoms with E-state index in [0.29, 0.717) is 6.54 Å². The number of halogens is 1. The molecule has 0 spiro atoms. The first-order valence-electron chi connectivity index (χ1n) is 10.2. The van der Waals surface area contributed by atoms with E-state index in [2.05, 4.69) is 26.6 Å². The highest BCUT2D eigenvalue weighted by Gasteiger charge is 2.25. The van der Waals surface area contributed by atoms with Crippen LogP contribution in [0.1, 0.15) is 12.0 Å². The number of ether oxygens (including phenoxy) is 1. The number of nitrogens with one attached hydrogen (secondary N) is 2. The van der Waals surface area contributed by atoms with Crippen molar-refractivity contribution in [3.05, 3.63) is 54.1 Å². The molecule has 1 fully saturated rings. The van der Waals surface area contributed by atoms with Gasteiger partial charge < -0.3 is 20.3 Å². The van der Waals surface area contributed by atoms with Gasteiger partial charge in [0.2, 0.25) is 10.0 Å². The maximum absolute atomic E-state index is 12.2. The average molecular weight is 574 g/mol. The van der Waals surface area contributed by atoms with Gasteiger partial charge >= 0.3 is 0 Å². The summed E-state index contributed by atoms with van der Waals surface area (Å²) in [5, 5.41) is 6.78. The third kappa shape index (κ3) is 6.26. The van der Waals surface area contributed by atoms with E-state index in [9.17, 15) is 8.42 Å². The van der Waals surface area contributed by atoms with Gasteiger partial charge in [-0.3, -0.25) is 4.99 Å². The summed E-state index contributed by atoms with van der Waals surface area (Å²) in [5.74, 6) is 1.60. The highest BCUT2D eigenvalue weighted by atomic mass is 127. The molecule has 1 atom stereocenters. The van der Waals surface area contributed by atoms with Gasteiger partial charge in [0.15, 0.2) is 5.96 Å². The lowest BCUT2D eigenvalue weighted by molar-refractivity contribution is 0.415. The maximum atomic E-state index is 12.2. The van der Waals surface area contributed by atoms with Gasteiger partial charge in [0.25, 0.3) is 0 Å². The molecule has 176 valence electrons. The van der Waals surface area contributed by atoms with Crippen LogP contribution >= 0.6 is 24.0 Å². The van der Waals surface area contributed by atoms with E-state index >= 15 is 0 Å². The molecule has 0 aromatic heterocycles. The van der Waals surface area contributed by atoms with Crippen LogP contribution in [0.3, 0.4) is 0 Å². The number of aliphatic imine (C=N–C) groups is 1. The summed E-state index contributed by atoms with van der Waals surface area (Å²) in [7, 11) is 3.08. The summed E-state index contributed by atoms with van der Waals surface area (Å²) in [6.07, 6.45) is 0.996. The van der Waals surface area contributed by atoms with Gasteiger partial charge in [-0.25, -0.2) is 12.7 Å². The van der Waals surface area contributed by atoms with Crippen molar-refractivity contribution < 1.29 is 13.2 Å². The molecule has 3 rings (SSSR count). The predicted molar refractivity (Wildman–Crippen MR) is 140 cm³/mol. The molecule has 1 aliphatic heterocycles. The lowest BCUT2D eigenvalue weighted by Gasteiger charge is -2.22. The zero-order valence-electron chi connectivity index (χ0n) is 18.9. The molecule has 8 nitrogen and oxygen atoms in total. The first-order chi connectivity index (χ1) is 14.8. The Morgan fingerprint density at radius 2 is 1.88 bits per heavy atom. The van der Waals surface area contributed by atoms with Gasteiger partial charge in [0, 0.05) is 46.8 Å². The Hall–Kier alpha value is -2.05. The van der Waals surface area contributed by atoms with Gasteiger partial charge in [-0.15, -0.1) is 24.0 Å². The van der Waals surface area contributed by atoms with Crippen LogP contribution in [0.4, 0.5) is 5.69 Å². The smallest absolute Gasteiger partial charge is 0.242 e. The number of methoxy groups -OCH3 is 1. The number of hydrogen-bond donors (Lipinski definition) is 2. The molecule has 0 amide bonds. The summed E-state index contributed by atoms with van der Waals surface area (Å²) < 4.78 is 31.1. The summed E-state index contributed by atoms with van der Waals surface area (Å²) in [5.41, 5.74) is 2.08. The number of hydrogen-bond acceptors (Lipinski definition) is 5. The van der Waals surface area contributed by atoms with Crippen LogP contribution in [0.2, 0.25) is 0 Å². The number of rotatable bonds is 7. The minimum atomic E-state index is -3.42. The van der Waals surface area contributed by atoms with Crippen molar-refractivity contribution in [3.63, 3.8) is 0 Å². The topological polar surface area (TPSA) is 86.3 Å². The molecule has 10 heteroatoms. The largest absolute Gasteiger partial charge is 0.495 e. The first-order valence-corrected chi connectivity index (χ1v) is 11.7. The normalized spacial score (nSPS) is 16.6. The number of para-hydroxylation sites is 2. The van der Waals surface area contributed by atoms with E-state index in [1.54, 1.807) is 26.3 Å². The molecule has 2 N–H and O–H groups in total. The van der Waals surface area contributed by atoms with Crippen LogP contribution in [-0.4, -0.2) is 66.1 Å². The van der Waals surface area contributed by atoms with E-state index in [1.165, 1.54) is 18.4 Å². The second-order valence-electron chi connectivity index (χ2n) is 7.60. The molecule has 2 aromatic rings. The summed E-state index contributed by atoms with van der Waals surface area (Å²) in [6, 6.07) is 15.2. The quantitative estimate of drug-likeness (QED) is 0.301. The predicted octanol–water partition coefficient (Wildman–Crippen LogP) is 2.51. The molecule has 32 heavy (non-hydrogen) atoms. The van der Waals surface area contributed by atoms with E-state index < -0.39 is 10.0 Å². The Bertz CT molecular complexity index is 1010. The van der Waals surface area contributed by atoms with Gasteiger partial charge in [-0.2, -0.15) is 0 Å². The van der Waals surface area contributed by atoms with Crippen LogP contribution in [0.25, 0.3) is 0 Å². The molecule has 1 saturated heterocycles. The molecular weight excluding hydrogens is 541 g/mol. The molecule has 0 aliphatic carbocycles. The lowest BCUT2D eigenvalue weighted by atomic mass is 10.2.